The van der Waals surface area contributed by atoms with Crippen LogP contribution in [-0.4, -0.2) is 54.2 Å². The lowest BCUT2D eigenvalue weighted by atomic mass is 9.70. The van der Waals surface area contributed by atoms with E-state index in [1.165, 1.54) is 16.7 Å². The third kappa shape index (κ3) is 4.90. The zero-order chi connectivity index (χ0) is 25.2. The van der Waals surface area contributed by atoms with Gasteiger partial charge in [0.1, 0.15) is 11.5 Å². The summed E-state index contributed by atoms with van der Waals surface area (Å²) in [7, 11) is 3.29. The van der Waals surface area contributed by atoms with Gasteiger partial charge in [-0.1, -0.05) is 35.4 Å². The molecule has 2 amide bonds. The monoisotopic (exact) mass is 477 g/mol. The minimum absolute atomic E-state index is 0.0149. The summed E-state index contributed by atoms with van der Waals surface area (Å²) >= 11 is 0. The summed E-state index contributed by atoms with van der Waals surface area (Å²) in [4.78, 5) is 17.9. The zero-order valence-electron chi connectivity index (χ0n) is 21.8. The number of hydrogen-bond donors (Lipinski definition) is 1. The molecule has 2 aliphatic rings. The van der Waals surface area contributed by atoms with Crippen LogP contribution in [0.5, 0.6) is 11.5 Å². The van der Waals surface area contributed by atoms with Crippen LogP contribution < -0.4 is 14.8 Å². The van der Waals surface area contributed by atoms with Gasteiger partial charge in [0.05, 0.1) is 25.3 Å². The molecule has 1 unspecified atom stereocenters. The SMILES string of the molecule is C=CCC1(C)N(Cc2cc(OC)cc(OC)c2)C(=O)NC12CCN(Cc1cc(C)cc(C)c1)CC2. The molecule has 2 aliphatic heterocycles. The van der Waals surface area contributed by atoms with Crippen LogP contribution in [0.1, 0.15) is 48.4 Å². The van der Waals surface area contributed by atoms with Gasteiger partial charge in [0.2, 0.25) is 0 Å². The Bertz CT molecular complexity index is 1050. The van der Waals surface area contributed by atoms with Crippen LogP contribution >= 0.6 is 0 Å². The number of likely N-dealkylation sites (tertiary alicyclic amines) is 1. The van der Waals surface area contributed by atoms with Gasteiger partial charge < -0.3 is 19.7 Å². The summed E-state index contributed by atoms with van der Waals surface area (Å²) in [6.07, 6.45) is 4.49. The number of methoxy groups -OCH3 is 2. The number of nitrogens with one attached hydrogen (secondary N) is 1. The first-order chi connectivity index (χ1) is 16.7. The van der Waals surface area contributed by atoms with E-state index in [9.17, 15) is 4.79 Å². The summed E-state index contributed by atoms with van der Waals surface area (Å²) in [6, 6.07) is 12.6. The van der Waals surface area contributed by atoms with E-state index in [4.69, 9.17) is 9.47 Å². The molecule has 6 heteroatoms. The Kier molecular flexibility index (Phi) is 7.13. The average Bonchev–Trinajstić information content (AvgIpc) is 3.01. The average molecular weight is 478 g/mol. The quantitative estimate of drug-likeness (QED) is 0.530. The van der Waals surface area contributed by atoms with Crippen molar-refractivity contribution >= 4 is 6.03 Å². The molecule has 0 radical (unpaired) electrons. The van der Waals surface area contributed by atoms with Crippen LogP contribution in [0.4, 0.5) is 4.79 Å². The summed E-state index contributed by atoms with van der Waals surface area (Å²) in [5, 5.41) is 3.42. The molecule has 35 heavy (non-hydrogen) atoms. The van der Waals surface area contributed by atoms with E-state index in [1.807, 2.05) is 29.2 Å². The van der Waals surface area contributed by atoms with E-state index in [2.05, 4.69) is 55.8 Å². The van der Waals surface area contributed by atoms with E-state index in [-0.39, 0.29) is 17.1 Å². The van der Waals surface area contributed by atoms with Gasteiger partial charge in [0.25, 0.3) is 0 Å². The maximum Gasteiger partial charge on any atom is 0.318 e. The number of rotatable bonds is 8. The number of piperidine rings is 1. The fourth-order valence-corrected chi connectivity index (χ4v) is 6.04. The lowest BCUT2D eigenvalue weighted by Gasteiger charge is -2.50. The molecule has 0 aliphatic carbocycles. The predicted octanol–water partition coefficient (Wildman–Crippen LogP) is 5.22. The molecule has 188 valence electrons. The van der Waals surface area contributed by atoms with Crippen molar-refractivity contribution in [3.8, 4) is 11.5 Å². The third-order valence-electron chi connectivity index (χ3n) is 7.91. The molecule has 2 heterocycles. The van der Waals surface area contributed by atoms with E-state index >= 15 is 0 Å². The van der Waals surface area contributed by atoms with Crippen LogP contribution in [0.15, 0.2) is 49.1 Å². The van der Waals surface area contributed by atoms with E-state index in [1.54, 1.807) is 14.2 Å². The van der Waals surface area contributed by atoms with Gasteiger partial charge in [0.15, 0.2) is 0 Å². The Morgan fingerprint density at radius 1 is 0.943 bits per heavy atom. The number of benzene rings is 2. The first-order valence-corrected chi connectivity index (χ1v) is 12.4. The highest BCUT2D eigenvalue weighted by Crippen LogP contribution is 2.45. The number of nitrogens with zero attached hydrogens (tertiary/aromatic N) is 2. The summed E-state index contributed by atoms with van der Waals surface area (Å²) in [6.45, 7) is 13.9. The molecule has 2 saturated heterocycles. The minimum Gasteiger partial charge on any atom is -0.497 e. The Morgan fingerprint density at radius 2 is 1.51 bits per heavy atom. The molecule has 0 aromatic heterocycles. The van der Waals surface area contributed by atoms with Gasteiger partial charge in [-0.25, -0.2) is 4.79 Å². The summed E-state index contributed by atoms with van der Waals surface area (Å²) in [5.74, 6) is 1.44. The van der Waals surface area contributed by atoms with Gasteiger partial charge in [-0.05, 0) is 63.3 Å². The van der Waals surface area contributed by atoms with Crippen LogP contribution in [0, 0.1) is 13.8 Å². The van der Waals surface area contributed by atoms with Crippen molar-refractivity contribution in [2.75, 3.05) is 27.3 Å². The van der Waals surface area contributed by atoms with Crippen molar-refractivity contribution in [1.82, 2.24) is 15.1 Å². The third-order valence-corrected chi connectivity index (χ3v) is 7.91. The zero-order valence-corrected chi connectivity index (χ0v) is 21.8. The van der Waals surface area contributed by atoms with Crippen LogP contribution in [0.25, 0.3) is 0 Å². The lowest BCUT2D eigenvalue weighted by Crippen LogP contribution is -2.63. The summed E-state index contributed by atoms with van der Waals surface area (Å²) in [5.41, 5.74) is 4.28. The number of ether oxygens (including phenoxy) is 2. The van der Waals surface area contributed by atoms with Gasteiger partial charge in [0, 0.05) is 32.2 Å². The van der Waals surface area contributed by atoms with Gasteiger partial charge in [-0.2, -0.15) is 0 Å². The first-order valence-electron chi connectivity index (χ1n) is 12.4. The maximum absolute atomic E-state index is 13.4. The normalized spacial score (nSPS) is 21.7. The van der Waals surface area contributed by atoms with Crippen molar-refractivity contribution in [2.45, 2.75) is 64.2 Å². The molecule has 6 nitrogen and oxygen atoms in total. The van der Waals surface area contributed by atoms with E-state index in [0.29, 0.717) is 6.54 Å². The van der Waals surface area contributed by atoms with Crippen molar-refractivity contribution < 1.29 is 14.3 Å². The minimum atomic E-state index is -0.381. The van der Waals surface area contributed by atoms with E-state index in [0.717, 1.165) is 56.0 Å². The highest BCUT2D eigenvalue weighted by molar-refractivity contribution is 5.80. The Balaban J connectivity index is 1.54. The largest absolute Gasteiger partial charge is 0.497 e. The molecule has 1 spiro atoms. The second-order valence-corrected chi connectivity index (χ2v) is 10.4. The summed E-state index contributed by atoms with van der Waals surface area (Å²) < 4.78 is 10.9. The molecule has 2 fully saturated rings. The number of amides is 2. The topological polar surface area (TPSA) is 54.0 Å². The first kappa shape index (κ1) is 25.1. The van der Waals surface area contributed by atoms with Crippen LogP contribution in [0.2, 0.25) is 0 Å². The van der Waals surface area contributed by atoms with Gasteiger partial charge in [-0.3, -0.25) is 4.90 Å². The number of carbonyl (C=O) groups is 1. The number of carbonyl (C=O) groups excluding carboxylic acids is 1. The molecule has 2 aromatic rings. The van der Waals surface area contributed by atoms with Crippen LogP contribution in [0.3, 0.4) is 0 Å². The fourth-order valence-electron chi connectivity index (χ4n) is 6.04. The number of hydrogen-bond acceptors (Lipinski definition) is 4. The van der Waals surface area contributed by atoms with Crippen molar-refractivity contribution in [1.29, 1.82) is 0 Å². The Hall–Kier alpha value is -2.99. The Morgan fingerprint density at radius 3 is 2.06 bits per heavy atom. The van der Waals surface area contributed by atoms with Gasteiger partial charge >= 0.3 is 6.03 Å². The van der Waals surface area contributed by atoms with Crippen molar-refractivity contribution in [2.24, 2.45) is 0 Å². The fraction of sp³-hybridized carbons (Fsp3) is 0.483. The molecular formula is C29H39N3O3. The van der Waals surface area contributed by atoms with E-state index < -0.39 is 0 Å². The second kappa shape index (κ2) is 9.94. The smallest absolute Gasteiger partial charge is 0.318 e. The molecule has 4 rings (SSSR count). The molecule has 0 saturated carbocycles. The molecule has 1 N–H and O–H groups in total. The highest BCUT2D eigenvalue weighted by Gasteiger charge is 2.59. The lowest BCUT2D eigenvalue weighted by molar-refractivity contribution is 0.0467. The number of urea groups is 1. The second-order valence-electron chi connectivity index (χ2n) is 10.4. The highest BCUT2D eigenvalue weighted by atomic mass is 16.5. The standard InChI is InChI=1S/C29H39N3O3/c1-7-8-28(4)29(9-11-31(12-10-29)19-23-14-21(2)13-22(3)15-23)30-27(33)32(28)20-24-16-25(34-5)18-26(17-24)35-6/h7,13-18H,1,8-12,19-20H2,2-6H3,(H,30,33). The van der Waals surface area contributed by atoms with Crippen LogP contribution in [-0.2, 0) is 13.1 Å². The van der Waals surface area contributed by atoms with Crippen molar-refractivity contribution in [3.05, 3.63) is 71.3 Å². The molecular weight excluding hydrogens is 438 g/mol. The Labute approximate surface area is 209 Å². The van der Waals surface area contributed by atoms with Crippen molar-refractivity contribution in [3.63, 3.8) is 0 Å². The number of aryl methyl sites for hydroxylation is 2. The predicted molar refractivity (Wildman–Crippen MR) is 140 cm³/mol. The molecule has 1 atom stereocenters. The maximum atomic E-state index is 13.4. The molecule has 2 aromatic carbocycles. The van der Waals surface area contributed by atoms with Gasteiger partial charge in [-0.15, -0.1) is 6.58 Å². The molecule has 0 bridgehead atoms.